The van der Waals surface area contributed by atoms with Crippen molar-refractivity contribution in [1.29, 1.82) is 0 Å². The summed E-state index contributed by atoms with van der Waals surface area (Å²) in [6, 6.07) is 43.4. The van der Waals surface area contributed by atoms with Gasteiger partial charge in [0.05, 0.1) is 0 Å². The fourth-order valence-corrected chi connectivity index (χ4v) is 5.05. The largest absolute Gasteiger partial charge is 0.396 e. The van der Waals surface area contributed by atoms with Crippen LogP contribution in [0.3, 0.4) is 0 Å². The molecule has 2 heteroatoms. The fourth-order valence-electron chi connectivity index (χ4n) is 5.05. The minimum absolute atomic E-state index is 0.234. The third-order valence-electron chi connectivity index (χ3n) is 6.91. The molecule has 0 bridgehead atoms. The molecule has 35 heavy (non-hydrogen) atoms. The summed E-state index contributed by atoms with van der Waals surface area (Å²) in [6.07, 6.45) is 2.92. The monoisotopic (exact) mass is 463 g/mol. The molecule has 0 amide bonds. The average molecular weight is 464 g/mol. The van der Waals surface area contributed by atoms with E-state index in [2.05, 4.69) is 126 Å². The standard InChI is InChI=1S/C33H37NO/c35-27-13-24-34(25-22-32(28-14-5-1-6-15-28)29-16-7-2-8-17-29)26-23-33(30-18-9-3-10-19-30)31-20-11-4-12-21-31/h1-12,14-21,32-33,35H,13,22-27H2. The molecule has 4 rings (SSSR count). The summed E-state index contributed by atoms with van der Waals surface area (Å²) >= 11 is 0. The maximum Gasteiger partial charge on any atom is 0.0443 e. The third-order valence-corrected chi connectivity index (χ3v) is 6.91. The molecule has 0 aliphatic rings. The van der Waals surface area contributed by atoms with Gasteiger partial charge < -0.3 is 10.0 Å². The molecule has 180 valence electrons. The van der Waals surface area contributed by atoms with Crippen molar-refractivity contribution in [2.75, 3.05) is 26.2 Å². The highest BCUT2D eigenvalue weighted by Crippen LogP contribution is 2.30. The number of benzene rings is 4. The lowest BCUT2D eigenvalue weighted by molar-refractivity contribution is 0.216. The predicted octanol–water partition coefficient (Wildman–Crippen LogP) is 7.12. The van der Waals surface area contributed by atoms with E-state index in [4.69, 9.17) is 0 Å². The molecule has 0 saturated carbocycles. The van der Waals surface area contributed by atoms with Crippen LogP contribution >= 0.6 is 0 Å². The SMILES string of the molecule is OCCCN(CCC(c1ccccc1)c1ccccc1)CCC(c1ccccc1)c1ccccc1. The van der Waals surface area contributed by atoms with Crippen LogP contribution < -0.4 is 0 Å². The first kappa shape index (κ1) is 24.9. The predicted molar refractivity (Wildman–Crippen MR) is 147 cm³/mol. The highest BCUT2D eigenvalue weighted by atomic mass is 16.3. The van der Waals surface area contributed by atoms with Crippen molar-refractivity contribution < 1.29 is 5.11 Å². The first-order chi connectivity index (χ1) is 17.3. The van der Waals surface area contributed by atoms with Crippen molar-refractivity contribution in [1.82, 2.24) is 4.90 Å². The quantitative estimate of drug-likeness (QED) is 0.228. The Bertz CT molecular complexity index is 917. The summed E-state index contributed by atoms with van der Waals surface area (Å²) in [5.74, 6) is 0.737. The zero-order chi connectivity index (χ0) is 24.1. The van der Waals surface area contributed by atoms with Gasteiger partial charge in [0.25, 0.3) is 0 Å². The normalized spacial score (nSPS) is 11.4. The Morgan fingerprint density at radius 1 is 0.457 bits per heavy atom. The Morgan fingerprint density at radius 2 is 0.771 bits per heavy atom. The summed E-state index contributed by atoms with van der Waals surface area (Å²) in [7, 11) is 0. The molecule has 4 aromatic carbocycles. The molecule has 0 aliphatic carbocycles. The van der Waals surface area contributed by atoms with Gasteiger partial charge >= 0.3 is 0 Å². The fraction of sp³-hybridized carbons (Fsp3) is 0.273. The number of rotatable bonds is 13. The zero-order valence-corrected chi connectivity index (χ0v) is 20.5. The second-order valence-electron chi connectivity index (χ2n) is 9.24. The molecule has 0 fully saturated rings. The van der Waals surface area contributed by atoms with E-state index >= 15 is 0 Å². The van der Waals surface area contributed by atoms with Crippen LogP contribution in [0.4, 0.5) is 0 Å². The van der Waals surface area contributed by atoms with Crippen LogP contribution in [-0.4, -0.2) is 36.2 Å². The van der Waals surface area contributed by atoms with Gasteiger partial charge in [-0.2, -0.15) is 0 Å². The number of hydrogen-bond acceptors (Lipinski definition) is 2. The van der Waals surface area contributed by atoms with E-state index in [1.165, 1.54) is 22.3 Å². The molecule has 1 N–H and O–H groups in total. The summed E-state index contributed by atoms with van der Waals surface area (Å²) < 4.78 is 0. The van der Waals surface area contributed by atoms with Crippen LogP contribution in [0.5, 0.6) is 0 Å². The van der Waals surface area contributed by atoms with Crippen molar-refractivity contribution >= 4 is 0 Å². The second kappa shape index (κ2) is 13.6. The number of hydrogen-bond donors (Lipinski definition) is 1. The Balaban J connectivity index is 1.49. The van der Waals surface area contributed by atoms with Crippen LogP contribution in [0, 0.1) is 0 Å². The van der Waals surface area contributed by atoms with Crippen LogP contribution in [-0.2, 0) is 0 Å². The molecule has 0 heterocycles. The molecule has 0 radical (unpaired) electrons. The Kier molecular flexibility index (Phi) is 9.70. The molecule has 0 spiro atoms. The molecule has 0 atom stereocenters. The average Bonchev–Trinajstić information content (AvgIpc) is 2.94. The van der Waals surface area contributed by atoms with Gasteiger partial charge in [0, 0.05) is 25.0 Å². The van der Waals surface area contributed by atoms with E-state index in [0.29, 0.717) is 11.8 Å². The van der Waals surface area contributed by atoms with Gasteiger partial charge in [0.2, 0.25) is 0 Å². The number of aliphatic hydroxyl groups is 1. The molecular formula is C33H37NO. The topological polar surface area (TPSA) is 23.5 Å². The molecule has 0 aliphatic heterocycles. The van der Waals surface area contributed by atoms with Gasteiger partial charge in [0.1, 0.15) is 0 Å². The van der Waals surface area contributed by atoms with Gasteiger partial charge in [-0.3, -0.25) is 0 Å². The minimum atomic E-state index is 0.234. The van der Waals surface area contributed by atoms with Gasteiger partial charge in [0.15, 0.2) is 0 Å². The molecule has 0 unspecified atom stereocenters. The molecule has 0 aromatic heterocycles. The molecular weight excluding hydrogens is 426 g/mol. The number of nitrogens with zero attached hydrogens (tertiary/aromatic N) is 1. The van der Waals surface area contributed by atoms with Crippen LogP contribution in [0.15, 0.2) is 121 Å². The Labute approximate surface area is 210 Å². The van der Waals surface area contributed by atoms with E-state index in [1.807, 2.05) is 0 Å². The Morgan fingerprint density at radius 3 is 1.06 bits per heavy atom. The van der Waals surface area contributed by atoms with E-state index in [1.54, 1.807) is 0 Å². The highest BCUT2D eigenvalue weighted by Gasteiger charge is 2.19. The van der Waals surface area contributed by atoms with Crippen molar-refractivity contribution in [2.24, 2.45) is 0 Å². The summed E-state index contributed by atoms with van der Waals surface area (Å²) in [5, 5.41) is 9.56. The molecule has 4 aromatic rings. The van der Waals surface area contributed by atoms with Crippen molar-refractivity contribution in [3.05, 3.63) is 144 Å². The first-order valence-electron chi connectivity index (χ1n) is 12.9. The van der Waals surface area contributed by atoms with Crippen LogP contribution in [0.1, 0.15) is 53.4 Å². The smallest absolute Gasteiger partial charge is 0.0443 e. The van der Waals surface area contributed by atoms with Crippen LogP contribution in [0.2, 0.25) is 0 Å². The van der Waals surface area contributed by atoms with Crippen LogP contribution in [0.25, 0.3) is 0 Å². The lowest BCUT2D eigenvalue weighted by Crippen LogP contribution is -2.30. The van der Waals surface area contributed by atoms with Gasteiger partial charge in [-0.15, -0.1) is 0 Å². The maximum atomic E-state index is 9.56. The lowest BCUT2D eigenvalue weighted by Gasteiger charge is -2.28. The molecule has 0 saturated heterocycles. The van der Waals surface area contributed by atoms with Crippen molar-refractivity contribution in [2.45, 2.75) is 31.1 Å². The molecule has 2 nitrogen and oxygen atoms in total. The summed E-state index contributed by atoms with van der Waals surface area (Å²) in [4.78, 5) is 2.55. The summed E-state index contributed by atoms with van der Waals surface area (Å²) in [5.41, 5.74) is 5.47. The minimum Gasteiger partial charge on any atom is -0.396 e. The van der Waals surface area contributed by atoms with E-state index in [9.17, 15) is 5.11 Å². The van der Waals surface area contributed by atoms with Crippen molar-refractivity contribution in [3.8, 4) is 0 Å². The van der Waals surface area contributed by atoms with Gasteiger partial charge in [-0.05, 0) is 54.6 Å². The number of aliphatic hydroxyl groups excluding tert-OH is 1. The van der Waals surface area contributed by atoms with Gasteiger partial charge in [-0.1, -0.05) is 121 Å². The third kappa shape index (κ3) is 7.39. The van der Waals surface area contributed by atoms with Crippen molar-refractivity contribution in [3.63, 3.8) is 0 Å². The second-order valence-corrected chi connectivity index (χ2v) is 9.24. The first-order valence-corrected chi connectivity index (χ1v) is 12.9. The van der Waals surface area contributed by atoms with E-state index < -0.39 is 0 Å². The highest BCUT2D eigenvalue weighted by molar-refractivity contribution is 5.33. The zero-order valence-electron chi connectivity index (χ0n) is 20.5. The maximum absolute atomic E-state index is 9.56. The Hall–Kier alpha value is -3.20. The summed E-state index contributed by atoms with van der Waals surface area (Å²) in [6.45, 7) is 3.16. The van der Waals surface area contributed by atoms with E-state index in [-0.39, 0.29) is 6.61 Å². The van der Waals surface area contributed by atoms with Gasteiger partial charge in [-0.25, -0.2) is 0 Å². The van der Waals surface area contributed by atoms with E-state index in [0.717, 1.165) is 38.9 Å². The lowest BCUT2D eigenvalue weighted by atomic mass is 9.87.